The zero-order valence-electron chi connectivity index (χ0n) is 15.9. The lowest BCUT2D eigenvalue weighted by Gasteiger charge is -2.28. The van der Waals surface area contributed by atoms with Crippen molar-refractivity contribution in [3.63, 3.8) is 0 Å². The van der Waals surface area contributed by atoms with Crippen LogP contribution in [0.5, 0.6) is 11.5 Å². The van der Waals surface area contributed by atoms with Gasteiger partial charge >= 0.3 is 0 Å². The van der Waals surface area contributed by atoms with Gasteiger partial charge in [-0.3, -0.25) is 0 Å². The molecule has 1 aliphatic heterocycles. The molecule has 1 aliphatic rings. The number of aryl methyl sites for hydroxylation is 2. The molecule has 1 aromatic carbocycles. The van der Waals surface area contributed by atoms with Gasteiger partial charge in [-0.15, -0.1) is 0 Å². The van der Waals surface area contributed by atoms with Gasteiger partial charge in [0.25, 0.3) is 0 Å². The first-order chi connectivity index (χ1) is 13.6. The minimum atomic E-state index is 0.687. The average Bonchev–Trinajstić information content (AvgIpc) is 2.72. The van der Waals surface area contributed by atoms with Gasteiger partial charge in [0.05, 0.1) is 18.9 Å². The largest absolute Gasteiger partial charge is 0.457 e. The van der Waals surface area contributed by atoms with Gasteiger partial charge in [0.15, 0.2) is 0 Å². The molecule has 0 radical (unpaired) electrons. The fourth-order valence-electron chi connectivity index (χ4n) is 2.99. The van der Waals surface area contributed by atoms with E-state index in [9.17, 15) is 0 Å². The van der Waals surface area contributed by atoms with Gasteiger partial charge in [-0.05, 0) is 37.6 Å². The van der Waals surface area contributed by atoms with Crippen molar-refractivity contribution in [3.05, 3.63) is 59.1 Å². The quantitative estimate of drug-likeness (QED) is 0.649. The van der Waals surface area contributed by atoms with Crippen molar-refractivity contribution in [3.8, 4) is 22.8 Å². The molecule has 3 aromatic rings. The summed E-state index contributed by atoms with van der Waals surface area (Å²) < 4.78 is 11.6. The highest BCUT2D eigenvalue weighted by Crippen LogP contribution is 2.31. The average molecular weight is 397 g/mol. The van der Waals surface area contributed by atoms with E-state index in [2.05, 4.69) is 14.9 Å². The Balaban J connectivity index is 1.72. The third-order valence-electron chi connectivity index (χ3n) is 4.56. The summed E-state index contributed by atoms with van der Waals surface area (Å²) in [4.78, 5) is 15.6. The minimum absolute atomic E-state index is 0.687. The van der Waals surface area contributed by atoms with Crippen LogP contribution >= 0.6 is 11.6 Å². The maximum Gasteiger partial charge on any atom is 0.133 e. The monoisotopic (exact) mass is 396 g/mol. The second-order valence-corrected chi connectivity index (χ2v) is 7.08. The van der Waals surface area contributed by atoms with Gasteiger partial charge < -0.3 is 14.4 Å². The molecule has 0 N–H and O–H groups in total. The minimum Gasteiger partial charge on any atom is -0.457 e. The van der Waals surface area contributed by atoms with Gasteiger partial charge in [0, 0.05) is 48.2 Å². The third kappa shape index (κ3) is 4.24. The lowest BCUT2D eigenvalue weighted by atomic mass is 10.2. The molecule has 6 nitrogen and oxygen atoms in total. The Kier molecular flexibility index (Phi) is 5.41. The van der Waals surface area contributed by atoms with Crippen LogP contribution in [0.15, 0.2) is 42.7 Å². The predicted octanol–water partition coefficient (Wildman–Crippen LogP) is 4.44. The van der Waals surface area contributed by atoms with Crippen LogP contribution in [0.2, 0.25) is 5.02 Å². The van der Waals surface area contributed by atoms with Crippen LogP contribution in [0, 0.1) is 13.8 Å². The van der Waals surface area contributed by atoms with Crippen molar-refractivity contribution in [1.82, 2.24) is 15.0 Å². The number of anilines is 1. The zero-order valence-corrected chi connectivity index (χ0v) is 16.6. The number of ether oxygens (including phenoxy) is 2. The van der Waals surface area contributed by atoms with Gasteiger partial charge in [0.1, 0.15) is 23.1 Å². The van der Waals surface area contributed by atoms with Crippen molar-refractivity contribution in [2.45, 2.75) is 13.8 Å². The summed E-state index contributed by atoms with van der Waals surface area (Å²) in [6, 6.07) is 9.48. The molecule has 28 heavy (non-hydrogen) atoms. The molecule has 144 valence electrons. The molecule has 2 aromatic heterocycles. The SMILES string of the molecule is Cc1ncc(-c2cc(Oc3ccc(Cl)c(C)c3)cc(N3CCOCC3)n2)cn1. The normalized spacial score (nSPS) is 14.2. The lowest BCUT2D eigenvalue weighted by Crippen LogP contribution is -2.36. The molecule has 0 spiro atoms. The number of rotatable bonds is 4. The van der Waals surface area contributed by atoms with E-state index < -0.39 is 0 Å². The molecule has 0 atom stereocenters. The van der Waals surface area contributed by atoms with Gasteiger partial charge in [-0.1, -0.05) is 11.6 Å². The number of hydrogen-bond acceptors (Lipinski definition) is 6. The number of nitrogens with zero attached hydrogens (tertiary/aromatic N) is 4. The zero-order chi connectivity index (χ0) is 19.5. The number of halogens is 1. The lowest BCUT2D eigenvalue weighted by molar-refractivity contribution is 0.122. The molecular weight excluding hydrogens is 376 g/mol. The van der Waals surface area contributed by atoms with Crippen molar-refractivity contribution < 1.29 is 9.47 Å². The third-order valence-corrected chi connectivity index (χ3v) is 4.99. The topological polar surface area (TPSA) is 60.4 Å². The second kappa shape index (κ2) is 8.12. The Hall–Kier alpha value is -2.70. The van der Waals surface area contributed by atoms with Crippen LogP contribution in [0.1, 0.15) is 11.4 Å². The predicted molar refractivity (Wildman–Crippen MR) is 109 cm³/mol. The van der Waals surface area contributed by atoms with Gasteiger partial charge in [-0.2, -0.15) is 0 Å². The Morgan fingerprint density at radius 2 is 1.75 bits per heavy atom. The first-order valence-corrected chi connectivity index (χ1v) is 9.54. The van der Waals surface area contributed by atoms with Crippen LogP contribution in [0.25, 0.3) is 11.3 Å². The summed E-state index contributed by atoms with van der Waals surface area (Å²) in [5.41, 5.74) is 2.58. The number of aromatic nitrogens is 3. The molecule has 7 heteroatoms. The van der Waals surface area contributed by atoms with Crippen LogP contribution in [0.3, 0.4) is 0 Å². The van der Waals surface area contributed by atoms with E-state index >= 15 is 0 Å². The molecule has 1 saturated heterocycles. The summed E-state index contributed by atoms with van der Waals surface area (Å²) in [5.74, 6) is 3.00. The standard InChI is InChI=1S/C21H21ClN4O2/c1-14-9-17(3-4-19(14)22)28-18-10-20(16-12-23-15(2)24-13-16)25-21(11-18)26-5-7-27-8-6-26/h3-4,9-13H,5-8H2,1-2H3. The van der Waals surface area contributed by atoms with Crippen molar-refractivity contribution in [2.24, 2.45) is 0 Å². The molecule has 0 saturated carbocycles. The Morgan fingerprint density at radius 3 is 2.46 bits per heavy atom. The molecule has 0 amide bonds. The summed E-state index contributed by atoms with van der Waals surface area (Å²) in [6.07, 6.45) is 3.56. The van der Waals surface area contributed by atoms with E-state index in [0.717, 1.165) is 47.3 Å². The van der Waals surface area contributed by atoms with Crippen LogP contribution in [0.4, 0.5) is 5.82 Å². The second-order valence-electron chi connectivity index (χ2n) is 6.68. The maximum atomic E-state index is 6.13. The van der Waals surface area contributed by atoms with Crippen LogP contribution in [-0.4, -0.2) is 41.3 Å². The first-order valence-electron chi connectivity index (χ1n) is 9.16. The van der Waals surface area contributed by atoms with E-state index in [-0.39, 0.29) is 0 Å². The number of hydrogen-bond donors (Lipinski definition) is 0. The molecule has 3 heterocycles. The smallest absolute Gasteiger partial charge is 0.133 e. The number of morpholine rings is 1. The molecular formula is C21H21ClN4O2. The summed E-state index contributed by atoms with van der Waals surface area (Å²) >= 11 is 6.13. The van der Waals surface area contributed by atoms with Crippen molar-refractivity contribution >= 4 is 17.4 Å². The van der Waals surface area contributed by atoms with Crippen molar-refractivity contribution in [1.29, 1.82) is 0 Å². The van der Waals surface area contributed by atoms with E-state index in [1.807, 2.05) is 44.2 Å². The van der Waals surface area contributed by atoms with Crippen LogP contribution in [-0.2, 0) is 4.74 Å². The van der Waals surface area contributed by atoms with Crippen molar-refractivity contribution in [2.75, 3.05) is 31.2 Å². The highest BCUT2D eigenvalue weighted by atomic mass is 35.5. The number of benzene rings is 1. The maximum absolute atomic E-state index is 6.13. The molecule has 0 aliphatic carbocycles. The fraction of sp³-hybridized carbons (Fsp3) is 0.286. The van der Waals surface area contributed by atoms with E-state index in [1.165, 1.54) is 0 Å². The molecule has 4 rings (SSSR count). The van der Waals surface area contributed by atoms with E-state index in [4.69, 9.17) is 26.1 Å². The van der Waals surface area contributed by atoms with Gasteiger partial charge in [0.2, 0.25) is 0 Å². The Morgan fingerprint density at radius 1 is 1.00 bits per heavy atom. The summed E-state index contributed by atoms with van der Waals surface area (Å²) in [6.45, 7) is 6.77. The first kappa shape index (κ1) is 18.7. The van der Waals surface area contributed by atoms with Gasteiger partial charge in [-0.25, -0.2) is 15.0 Å². The highest BCUT2D eigenvalue weighted by Gasteiger charge is 2.16. The Bertz CT molecular complexity index is 973. The molecule has 0 bridgehead atoms. The highest BCUT2D eigenvalue weighted by molar-refractivity contribution is 6.31. The molecule has 0 unspecified atom stereocenters. The Labute approximate surface area is 169 Å². The van der Waals surface area contributed by atoms with E-state index in [0.29, 0.717) is 24.0 Å². The fourth-order valence-corrected chi connectivity index (χ4v) is 3.11. The molecule has 1 fully saturated rings. The van der Waals surface area contributed by atoms with E-state index in [1.54, 1.807) is 12.4 Å². The summed E-state index contributed by atoms with van der Waals surface area (Å²) in [7, 11) is 0. The summed E-state index contributed by atoms with van der Waals surface area (Å²) in [5, 5.41) is 0.716. The number of pyridine rings is 1. The van der Waals surface area contributed by atoms with Crippen LogP contribution < -0.4 is 9.64 Å².